The van der Waals surface area contributed by atoms with Crippen molar-refractivity contribution >= 4 is 10.9 Å². The number of aromatic nitrogens is 1. The molecular weight excluding hydrogens is 248 g/mol. The molecule has 3 nitrogen and oxygen atoms in total. The predicted molar refractivity (Wildman–Crippen MR) is 80.8 cm³/mol. The van der Waals surface area contributed by atoms with Gasteiger partial charge in [-0.2, -0.15) is 0 Å². The van der Waals surface area contributed by atoms with Crippen LogP contribution in [0.1, 0.15) is 31.2 Å². The van der Waals surface area contributed by atoms with Crippen LogP contribution in [0.2, 0.25) is 0 Å². The maximum Gasteiger partial charge on any atom is 0.0754 e. The number of hydrogen-bond acceptors (Lipinski definition) is 2. The molecule has 0 bridgehead atoms. The van der Waals surface area contributed by atoms with Crippen molar-refractivity contribution in [1.29, 1.82) is 0 Å². The second-order valence-corrected chi connectivity index (χ2v) is 6.15. The van der Waals surface area contributed by atoms with Crippen LogP contribution in [0.3, 0.4) is 0 Å². The number of nitrogens with one attached hydrogen (secondary N) is 1. The van der Waals surface area contributed by atoms with Crippen molar-refractivity contribution < 1.29 is 4.74 Å². The van der Waals surface area contributed by atoms with Gasteiger partial charge in [0.05, 0.1) is 6.10 Å². The molecular formula is C17H22N2O. The lowest BCUT2D eigenvalue weighted by atomic mass is 10.1. The van der Waals surface area contributed by atoms with Crippen molar-refractivity contribution in [3.8, 4) is 0 Å². The summed E-state index contributed by atoms with van der Waals surface area (Å²) >= 11 is 0. The molecule has 106 valence electrons. The number of hydrogen-bond donors (Lipinski definition) is 1. The first-order valence-corrected chi connectivity index (χ1v) is 7.81. The van der Waals surface area contributed by atoms with Crippen LogP contribution >= 0.6 is 0 Å². The van der Waals surface area contributed by atoms with E-state index in [9.17, 15) is 0 Å². The molecule has 1 aliphatic heterocycles. The largest absolute Gasteiger partial charge is 0.376 e. The van der Waals surface area contributed by atoms with Crippen molar-refractivity contribution in [2.24, 2.45) is 0 Å². The zero-order chi connectivity index (χ0) is 13.4. The molecule has 20 heavy (non-hydrogen) atoms. The average molecular weight is 270 g/mol. The molecule has 2 fully saturated rings. The molecule has 1 aromatic heterocycles. The second-order valence-electron chi connectivity index (χ2n) is 6.15. The Kier molecular flexibility index (Phi) is 3.25. The van der Waals surface area contributed by atoms with Gasteiger partial charge < -0.3 is 14.6 Å². The molecule has 1 unspecified atom stereocenters. The lowest BCUT2D eigenvalue weighted by Crippen LogP contribution is -2.16. The van der Waals surface area contributed by atoms with Gasteiger partial charge in [0, 0.05) is 37.5 Å². The first-order valence-electron chi connectivity index (χ1n) is 7.81. The third-order valence-corrected chi connectivity index (χ3v) is 4.43. The van der Waals surface area contributed by atoms with Gasteiger partial charge in [-0.25, -0.2) is 0 Å². The minimum atomic E-state index is 0.402. The molecule has 2 aromatic rings. The molecule has 4 rings (SSSR count). The van der Waals surface area contributed by atoms with Gasteiger partial charge in [0.15, 0.2) is 0 Å². The maximum absolute atomic E-state index is 5.76. The number of fused-ring (bicyclic) bond motifs is 1. The molecule has 1 saturated carbocycles. The van der Waals surface area contributed by atoms with Crippen molar-refractivity contribution in [3.05, 3.63) is 36.0 Å². The quantitative estimate of drug-likeness (QED) is 0.903. The van der Waals surface area contributed by atoms with Gasteiger partial charge in [-0.1, -0.05) is 12.1 Å². The van der Waals surface area contributed by atoms with E-state index >= 15 is 0 Å². The second kappa shape index (κ2) is 5.23. The van der Waals surface area contributed by atoms with E-state index in [2.05, 4.69) is 40.3 Å². The molecule has 0 amide bonds. The predicted octanol–water partition coefficient (Wildman–Crippen LogP) is 3.07. The molecule has 0 spiro atoms. The van der Waals surface area contributed by atoms with Crippen LogP contribution in [-0.2, 0) is 17.8 Å². The van der Waals surface area contributed by atoms with Gasteiger partial charge in [-0.3, -0.25) is 0 Å². The normalized spacial score (nSPS) is 22.7. The Morgan fingerprint density at radius 2 is 2.15 bits per heavy atom. The van der Waals surface area contributed by atoms with Gasteiger partial charge in [0.25, 0.3) is 0 Å². The number of ether oxygens (including phenoxy) is 1. The monoisotopic (exact) mass is 270 g/mol. The zero-order valence-corrected chi connectivity index (χ0v) is 11.8. The van der Waals surface area contributed by atoms with E-state index in [-0.39, 0.29) is 0 Å². The van der Waals surface area contributed by atoms with Gasteiger partial charge in [0.2, 0.25) is 0 Å². The smallest absolute Gasteiger partial charge is 0.0754 e. The summed E-state index contributed by atoms with van der Waals surface area (Å²) < 4.78 is 8.11. The van der Waals surface area contributed by atoms with Crippen LogP contribution in [0.4, 0.5) is 0 Å². The summed E-state index contributed by atoms with van der Waals surface area (Å²) in [6, 6.07) is 9.80. The Labute approximate surface area is 119 Å². The van der Waals surface area contributed by atoms with Crippen molar-refractivity contribution in [2.45, 2.75) is 50.9 Å². The summed E-state index contributed by atoms with van der Waals surface area (Å²) in [5.74, 6) is 0. The van der Waals surface area contributed by atoms with E-state index in [0.717, 1.165) is 25.7 Å². The molecule has 3 heteroatoms. The molecule has 2 aliphatic rings. The lowest BCUT2D eigenvalue weighted by molar-refractivity contribution is 0.0980. The summed E-state index contributed by atoms with van der Waals surface area (Å²) in [5, 5.41) is 4.92. The van der Waals surface area contributed by atoms with Crippen LogP contribution in [0.15, 0.2) is 30.5 Å². The average Bonchev–Trinajstić information content (AvgIpc) is 3.01. The molecule has 1 N–H and O–H groups in total. The van der Waals surface area contributed by atoms with Crippen molar-refractivity contribution in [2.75, 3.05) is 6.61 Å². The third kappa shape index (κ3) is 2.60. The molecule has 1 saturated heterocycles. The fourth-order valence-corrected chi connectivity index (χ4v) is 3.06. The van der Waals surface area contributed by atoms with Crippen LogP contribution < -0.4 is 5.32 Å². The fraction of sp³-hybridized carbons (Fsp3) is 0.529. The highest BCUT2D eigenvalue weighted by atomic mass is 16.5. The van der Waals surface area contributed by atoms with E-state index in [4.69, 9.17) is 4.74 Å². The first-order chi connectivity index (χ1) is 9.88. The van der Waals surface area contributed by atoms with Gasteiger partial charge in [0.1, 0.15) is 0 Å². The van der Waals surface area contributed by atoms with Crippen LogP contribution in [0.5, 0.6) is 0 Å². The van der Waals surface area contributed by atoms with Crippen molar-refractivity contribution in [3.63, 3.8) is 0 Å². The Morgan fingerprint density at radius 3 is 2.95 bits per heavy atom. The minimum Gasteiger partial charge on any atom is -0.376 e. The summed E-state index contributed by atoms with van der Waals surface area (Å²) in [6.07, 6.45) is 7.70. The van der Waals surface area contributed by atoms with E-state index in [0.29, 0.717) is 6.10 Å². The summed E-state index contributed by atoms with van der Waals surface area (Å²) in [4.78, 5) is 0. The van der Waals surface area contributed by atoms with E-state index in [1.54, 1.807) is 0 Å². The molecule has 2 heterocycles. The van der Waals surface area contributed by atoms with E-state index in [1.165, 1.54) is 42.1 Å². The van der Waals surface area contributed by atoms with Gasteiger partial charge in [-0.05, 0) is 48.8 Å². The highest BCUT2D eigenvalue weighted by molar-refractivity contribution is 5.80. The third-order valence-electron chi connectivity index (χ3n) is 4.43. The summed E-state index contributed by atoms with van der Waals surface area (Å²) in [6.45, 7) is 2.91. The minimum absolute atomic E-state index is 0.402. The topological polar surface area (TPSA) is 26.2 Å². The fourth-order valence-electron chi connectivity index (χ4n) is 3.06. The first kappa shape index (κ1) is 12.4. The van der Waals surface area contributed by atoms with E-state index in [1.807, 2.05) is 0 Å². The highest BCUT2D eigenvalue weighted by Gasteiger charge is 2.20. The van der Waals surface area contributed by atoms with Gasteiger partial charge in [-0.15, -0.1) is 0 Å². The molecule has 1 atom stereocenters. The highest BCUT2D eigenvalue weighted by Crippen LogP contribution is 2.23. The molecule has 0 radical (unpaired) electrons. The Morgan fingerprint density at radius 1 is 1.20 bits per heavy atom. The maximum atomic E-state index is 5.76. The van der Waals surface area contributed by atoms with E-state index < -0.39 is 0 Å². The lowest BCUT2D eigenvalue weighted by Gasteiger charge is -2.12. The standard InChI is InChI=1S/C17H22N2O/c1-2-16(20-9-1)12-19-8-7-14-4-3-13(10-17(14)19)11-18-15-5-6-15/h3-4,7-8,10,15-16,18H,1-2,5-6,9,11-12H2. The van der Waals surface area contributed by atoms with Crippen LogP contribution in [0.25, 0.3) is 10.9 Å². The Bertz CT molecular complexity index is 594. The Balaban J connectivity index is 1.54. The summed E-state index contributed by atoms with van der Waals surface area (Å²) in [7, 11) is 0. The van der Waals surface area contributed by atoms with Crippen LogP contribution in [0, 0.1) is 0 Å². The zero-order valence-electron chi connectivity index (χ0n) is 11.8. The SMILES string of the molecule is c1cc2ccn(CC3CCCO3)c2cc1CNC1CC1. The van der Waals surface area contributed by atoms with Gasteiger partial charge >= 0.3 is 0 Å². The number of nitrogens with zero attached hydrogens (tertiary/aromatic N) is 1. The number of benzene rings is 1. The summed E-state index contributed by atoms with van der Waals surface area (Å²) in [5.41, 5.74) is 2.73. The van der Waals surface area contributed by atoms with Crippen molar-refractivity contribution in [1.82, 2.24) is 9.88 Å². The molecule has 1 aliphatic carbocycles. The number of rotatable bonds is 5. The molecule has 1 aromatic carbocycles. The Hall–Kier alpha value is -1.32. The van der Waals surface area contributed by atoms with Crippen LogP contribution in [-0.4, -0.2) is 23.3 Å².